The highest BCUT2D eigenvalue weighted by atomic mass is 35.7. The summed E-state index contributed by atoms with van der Waals surface area (Å²) in [5, 5.41) is 0. The fourth-order valence-electron chi connectivity index (χ4n) is 0.798. The first kappa shape index (κ1) is 13.2. The summed E-state index contributed by atoms with van der Waals surface area (Å²) in [6.07, 6.45) is 1.32. The first-order chi connectivity index (χ1) is 5.92. The predicted molar refractivity (Wildman–Crippen MR) is 54.5 cm³/mol. The lowest BCUT2D eigenvalue weighted by atomic mass is 10.2. The van der Waals surface area contributed by atoms with E-state index in [1.165, 1.54) is 0 Å². The van der Waals surface area contributed by atoms with Gasteiger partial charge in [-0.25, -0.2) is 8.42 Å². The van der Waals surface area contributed by atoms with E-state index in [4.69, 9.17) is 15.4 Å². The van der Waals surface area contributed by atoms with Crippen molar-refractivity contribution in [1.82, 2.24) is 0 Å². The van der Waals surface area contributed by atoms with Crippen molar-refractivity contribution in [3.05, 3.63) is 0 Å². The van der Waals surface area contributed by atoms with Gasteiger partial charge in [-0.1, -0.05) is 13.8 Å². The van der Waals surface area contributed by atoms with Gasteiger partial charge >= 0.3 is 0 Å². The van der Waals surface area contributed by atoms with Gasteiger partial charge in [-0.05, 0) is 18.8 Å². The van der Waals surface area contributed by atoms with Crippen LogP contribution < -0.4 is 0 Å². The minimum atomic E-state index is -3.31. The molecule has 0 aromatic rings. The molecule has 13 heavy (non-hydrogen) atoms. The van der Waals surface area contributed by atoms with Crippen LogP contribution in [0.3, 0.4) is 0 Å². The molecule has 0 aliphatic carbocycles. The Morgan fingerprint density at radius 1 is 1.31 bits per heavy atom. The SMILES string of the molecule is CC(C)COCCCCS(=O)(=O)Cl. The number of ether oxygens (including phenoxy) is 1. The monoisotopic (exact) mass is 228 g/mol. The van der Waals surface area contributed by atoms with Crippen LogP contribution in [0.2, 0.25) is 0 Å². The largest absolute Gasteiger partial charge is 0.381 e. The summed E-state index contributed by atoms with van der Waals surface area (Å²) in [6.45, 7) is 5.49. The minimum Gasteiger partial charge on any atom is -0.381 e. The van der Waals surface area contributed by atoms with Crippen molar-refractivity contribution in [2.24, 2.45) is 5.92 Å². The standard InChI is InChI=1S/C8H17ClO3S/c1-8(2)7-12-5-3-4-6-13(9,10)11/h8H,3-7H2,1-2H3. The maximum absolute atomic E-state index is 10.5. The molecule has 0 spiro atoms. The summed E-state index contributed by atoms with van der Waals surface area (Å²) in [5.74, 6) is 0.566. The van der Waals surface area contributed by atoms with Crippen LogP contribution in [-0.2, 0) is 13.8 Å². The Labute approximate surface area is 84.8 Å². The second-order valence-electron chi connectivity index (χ2n) is 3.42. The zero-order valence-electron chi connectivity index (χ0n) is 8.12. The van der Waals surface area contributed by atoms with Gasteiger partial charge < -0.3 is 4.74 Å². The van der Waals surface area contributed by atoms with Crippen LogP contribution in [0.1, 0.15) is 26.7 Å². The van der Waals surface area contributed by atoms with Crippen LogP contribution in [0, 0.1) is 5.92 Å². The highest BCUT2D eigenvalue weighted by Gasteiger charge is 2.03. The van der Waals surface area contributed by atoms with E-state index in [1.54, 1.807) is 0 Å². The fourth-order valence-corrected chi connectivity index (χ4v) is 1.67. The van der Waals surface area contributed by atoms with Crippen molar-refractivity contribution in [2.75, 3.05) is 19.0 Å². The van der Waals surface area contributed by atoms with Crippen LogP contribution in [0.4, 0.5) is 0 Å². The minimum absolute atomic E-state index is 0.0413. The Morgan fingerprint density at radius 3 is 2.38 bits per heavy atom. The third-order valence-corrected chi connectivity index (χ3v) is 2.62. The third-order valence-electron chi connectivity index (χ3n) is 1.38. The Balaban J connectivity index is 3.18. The highest BCUT2D eigenvalue weighted by Crippen LogP contribution is 2.02. The molecule has 0 aliphatic heterocycles. The van der Waals surface area contributed by atoms with Gasteiger partial charge in [-0.3, -0.25) is 0 Å². The van der Waals surface area contributed by atoms with Crippen LogP contribution in [0.15, 0.2) is 0 Å². The molecule has 0 amide bonds. The summed E-state index contributed by atoms with van der Waals surface area (Å²) in [7, 11) is 1.72. The summed E-state index contributed by atoms with van der Waals surface area (Å²) < 4.78 is 26.3. The topological polar surface area (TPSA) is 43.4 Å². The maximum Gasteiger partial charge on any atom is 0.232 e. The quantitative estimate of drug-likeness (QED) is 0.495. The molecule has 0 atom stereocenters. The average molecular weight is 229 g/mol. The van der Waals surface area contributed by atoms with Crippen LogP contribution >= 0.6 is 10.7 Å². The van der Waals surface area contributed by atoms with E-state index < -0.39 is 9.05 Å². The molecule has 0 aromatic carbocycles. The van der Waals surface area contributed by atoms with E-state index in [-0.39, 0.29) is 5.75 Å². The number of rotatable bonds is 7. The van der Waals surface area contributed by atoms with Crippen molar-refractivity contribution < 1.29 is 13.2 Å². The van der Waals surface area contributed by atoms with E-state index in [9.17, 15) is 8.42 Å². The molecule has 0 radical (unpaired) electrons. The van der Waals surface area contributed by atoms with E-state index in [2.05, 4.69) is 13.8 Å². The van der Waals surface area contributed by atoms with Crippen LogP contribution in [-0.4, -0.2) is 27.4 Å². The lowest BCUT2D eigenvalue weighted by Gasteiger charge is -2.05. The van der Waals surface area contributed by atoms with Crippen molar-refractivity contribution >= 4 is 19.7 Å². The second-order valence-corrected chi connectivity index (χ2v) is 6.32. The van der Waals surface area contributed by atoms with Gasteiger partial charge in [0.05, 0.1) is 5.75 Å². The Morgan fingerprint density at radius 2 is 1.92 bits per heavy atom. The first-order valence-electron chi connectivity index (χ1n) is 4.42. The summed E-state index contributed by atoms with van der Waals surface area (Å²) >= 11 is 0. The zero-order chi connectivity index (χ0) is 10.3. The van der Waals surface area contributed by atoms with Crippen molar-refractivity contribution in [1.29, 1.82) is 0 Å². The molecule has 0 saturated carbocycles. The average Bonchev–Trinajstić information content (AvgIpc) is 1.93. The fraction of sp³-hybridized carbons (Fsp3) is 1.00. The molecule has 3 nitrogen and oxygen atoms in total. The van der Waals surface area contributed by atoms with Gasteiger partial charge in [0.25, 0.3) is 0 Å². The molecule has 80 valence electrons. The molecule has 5 heteroatoms. The normalized spacial score (nSPS) is 12.3. The van der Waals surface area contributed by atoms with E-state index in [0.29, 0.717) is 18.9 Å². The van der Waals surface area contributed by atoms with Crippen LogP contribution in [0.25, 0.3) is 0 Å². The number of halogens is 1. The van der Waals surface area contributed by atoms with E-state index in [1.807, 2.05) is 0 Å². The predicted octanol–water partition coefficient (Wildman–Crippen LogP) is 2.01. The summed E-state index contributed by atoms with van der Waals surface area (Å²) in [5.41, 5.74) is 0. The molecular weight excluding hydrogens is 212 g/mol. The maximum atomic E-state index is 10.5. The molecule has 0 fully saturated rings. The Hall–Kier alpha value is 0.200. The number of hydrogen-bond donors (Lipinski definition) is 0. The summed E-state index contributed by atoms with van der Waals surface area (Å²) in [6, 6.07) is 0. The highest BCUT2D eigenvalue weighted by molar-refractivity contribution is 8.13. The molecule has 0 N–H and O–H groups in total. The molecule has 0 saturated heterocycles. The molecule has 0 unspecified atom stereocenters. The van der Waals surface area contributed by atoms with Gasteiger partial charge in [-0.2, -0.15) is 0 Å². The van der Waals surface area contributed by atoms with Gasteiger partial charge in [0.1, 0.15) is 0 Å². The van der Waals surface area contributed by atoms with Crippen LogP contribution in [0.5, 0.6) is 0 Å². The first-order valence-corrected chi connectivity index (χ1v) is 6.90. The van der Waals surface area contributed by atoms with Crippen molar-refractivity contribution in [3.8, 4) is 0 Å². The number of hydrogen-bond acceptors (Lipinski definition) is 3. The Bertz CT molecular complexity index is 211. The lowest BCUT2D eigenvalue weighted by molar-refractivity contribution is 0.107. The van der Waals surface area contributed by atoms with Crippen molar-refractivity contribution in [2.45, 2.75) is 26.7 Å². The molecule has 0 heterocycles. The van der Waals surface area contributed by atoms with Gasteiger partial charge in [-0.15, -0.1) is 0 Å². The van der Waals surface area contributed by atoms with Gasteiger partial charge in [0.15, 0.2) is 0 Å². The lowest BCUT2D eigenvalue weighted by Crippen LogP contribution is -2.05. The molecule has 0 aromatic heterocycles. The van der Waals surface area contributed by atoms with Gasteiger partial charge in [0, 0.05) is 23.9 Å². The number of unbranched alkanes of at least 4 members (excludes halogenated alkanes) is 1. The van der Waals surface area contributed by atoms with Crippen molar-refractivity contribution in [3.63, 3.8) is 0 Å². The molecular formula is C8H17ClO3S. The molecule has 0 aliphatic rings. The zero-order valence-corrected chi connectivity index (χ0v) is 9.70. The molecule has 0 bridgehead atoms. The van der Waals surface area contributed by atoms with Gasteiger partial charge in [0.2, 0.25) is 9.05 Å². The van der Waals surface area contributed by atoms with E-state index in [0.717, 1.165) is 13.0 Å². The molecule has 0 rings (SSSR count). The van der Waals surface area contributed by atoms with E-state index >= 15 is 0 Å². The summed E-state index contributed by atoms with van der Waals surface area (Å²) in [4.78, 5) is 0. The second kappa shape index (κ2) is 6.62. The Kier molecular flexibility index (Phi) is 6.73. The smallest absolute Gasteiger partial charge is 0.232 e. The third kappa shape index (κ3) is 12.2.